The molecular weight excluding hydrogens is 170 g/mol. The molecule has 1 amide bonds. The molecule has 76 valence electrons. The predicted octanol–water partition coefficient (Wildman–Crippen LogP) is 0.0523. The highest BCUT2D eigenvalue weighted by atomic mass is 16.3. The highest BCUT2D eigenvalue weighted by Crippen LogP contribution is 2.20. The van der Waals surface area contributed by atoms with Gasteiger partial charge < -0.3 is 10.0 Å². The van der Waals surface area contributed by atoms with Crippen LogP contribution in [0, 0.1) is 5.41 Å². The molecule has 0 rings (SSSR count). The van der Waals surface area contributed by atoms with E-state index in [9.17, 15) is 9.59 Å². The van der Waals surface area contributed by atoms with Gasteiger partial charge in [0.2, 0.25) is 5.91 Å². The van der Waals surface area contributed by atoms with Crippen molar-refractivity contribution in [3.05, 3.63) is 0 Å². The van der Waals surface area contributed by atoms with Crippen LogP contribution in [0.2, 0.25) is 0 Å². The maximum Gasteiger partial charge on any atom is 0.235 e. The Kier molecular flexibility index (Phi) is 4.07. The summed E-state index contributed by atoms with van der Waals surface area (Å²) < 4.78 is 0. The van der Waals surface area contributed by atoms with Gasteiger partial charge in [0.1, 0.15) is 11.2 Å². The normalized spacial score (nSPS) is 11.2. The Bertz CT molecular complexity index is 209. The second-order valence-corrected chi connectivity index (χ2v) is 3.72. The Morgan fingerprint density at radius 1 is 1.31 bits per heavy atom. The van der Waals surface area contributed by atoms with E-state index in [2.05, 4.69) is 0 Å². The molecule has 0 aromatic rings. The molecule has 0 aromatic heterocycles. The van der Waals surface area contributed by atoms with Gasteiger partial charge in [-0.1, -0.05) is 0 Å². The van der Waals surface area contributed by atoms with E-state index in [-0.39, 0.29) is 24.7 Å². The van der Waals surface area contributed by atoms with Gasteiger partial charge in [0, 0.05) is 27.1 Å². The lowest BCUT2D eigenvalue weighted by molar-refractivity contribution is -0.145. The number of rotatable bonds is 4. The standard InChI is InChI=1S/C9H17NO3/c1-9(2,7(12)5-6-11)8(13)10(3)4/h11H,5-6H2,1-4H3. The zero-order valence-corrected chi connectivity index (χ0v) is 8.63. The second-order valence-electron chi connectivity index (χ2n) is 3.72. The molecule has 0 bridgehead atoms. The third-order valence-corrected chi connectivity index (χ3v) is 1.98. The number of aliphatic hydroxyl groups is 1. The summed E-state index contributed by atoms with van der Waals surface area (Å²) >= 11 is 0. The SMILES string of the molecule is CN(C)C(=O)C(C)(C)C(=O)CCO. The van der Waals surface area contributed by atoms with Crippen LogP contribution >= 0.6 is 0 Å². The Hall–Kier alpha value is -0.900. The second kappa shape index (κ2) is 4.37. The molecular formula is C9H17NO3. The van der Waals surface area contributed by atoms with Crippen molar-refractivity contribution in [2.24, 2.45) is 5.41 Å². The van der Waals surface area contributed by atoms with Crippen molar-refractivity contribution in [2.75, 3.05) is 20.7 Å². The highest BCUT2D eigenvalue weighted by Gasteiger charge is 2.35. The minimum absolute atomic E-state index is 0.0343. The first-order valence-corrected chi connectivity index (χ1v) is 4.20. The third kappa shape index (κ3) is 2.81. The van der Waals surface area contributed by atoms with Crippen LogP contribution in [0.15, 0.2) is 0 Å². The van der Waals surface area contributed by atoms with Gasteiger partial charge in [0.05, 0.1) is 0 Å². The zero-order chi connectivity index (χ0) is 10.6. The van der Waals surface area contributed by atoms with Crippen LogP contribution in [0.4, 0.5) is 0 Å². The van der Waals surface area contributed by atoms with Crippen molar-refractivity contribution >= 4 is 11.7 Å². The largest absolute Gasteiger partial charge is 0.396 e. The summed E-state index contributed by atoms with van der Waals surface area (Å²) in [6.45, 7) is 2.95. The maximum absolute atomic E-state index is 11.5. The number of hydrogen-bond donors (Lipinski definition) is 1. The third-order valence-electron chi connectivity index (χ3n) is 1.98. The molecule has 0 saturated heterocycles. The summed E-state index contributed by atoms with van der Waals surface area (Å²) in [6.07, 6.45) is 0.0343. The number of hydrogen-bond acceptors (Lipinski definition) is 3. The first-order valence-electron chi connectivity index (χ1n) is 4.20. The van der Waals surface area contributed by atoms with Crippen molar-refractivity contribution in [1.82, 2.24) is 4.90 Å². The van der Waals surface area contributed by atoms with E-state index in [1.165, 1.54) is 4.90 Å². The Balaban J connectivity index is 4.55. The maximum atomic E-state index is 11.5. The van der Waals surface area contributed by atoms with Crippen LogP contribution in [0.25, 0.3) is 0 Å². The van der Waals surface area contributed by atoms with E-state index in [4.69, 9.17) is 5.11 Å². The molecule has 4 nitrogen and oxygen atoms in total. The minimum atomic E-state index is -1.02. The van der Waals surface area contributed by atoms with Gasteiger partial charge in [0.25, 0.3) is 0 Å². The van der Waals surface area contributed by atoms with Crippen molar-refractivity contribution in [3.63, 3.8) is 0 Å². The lowest BCUT2D eigenvalue weighted by atomic mass is 9.85. The fraction of sp³-hybridized carbons (Fsp3) is 0.778. The number of aliphatic hydroxyl groups excluding tert-OH is 1. The van der Waals surface area contributed by atoms with Crippen LogP contribution in [0.1, 0.15) is 20.3 Å². The average Bonchev–Trinajstić information content (AvgIpc) is 2.03. The molecule has 13 heavy (non-hydrogen) atoms. The lowest BCUT2D eigenvalue weighted by Crippen LogP contribution is -2.41. The first-order chi connectivity index (χ1) is 5.84. The average molecular weight is 187 g/mol. The summed E-state index contributed by atoms with van der Waals surface area (Å²) in [5, 5.41) is 8.57. The van der Waals surface area contributed by atoms with Crippen molar-refractivity contribution < 1.29 is 14.7 Å². The molecule has 4 heteroatoms. The molecule has 0 saturated carbocycles. The monoisotopic (exact) mass is 187 g/mol. The lowest BCUT2D eigenvalue weighted by Gasteiger charge is -2.25. The van der Waals surface area contributed by atoms with Crippen molar-refractivity contribution in [2.45, 2.75) is 20.3 Å². The van der Waals surface area contributed by atoms with E-state index >= 15 is 0 Å². The summed E-state index contributed by atoms with van der Waals surface area (Å²) in [6, 6.07) is 0. The Morgan fingerprint density at radius 3 is 2.08 bits per heavy atom. The van der Waals surface area contributed by atoms with Gasteiger partial charge >= 0.3 is 0 Å². The molecule has 0 fully saturated rings. The van der Waals surface area contributed by atoms with E-state index < -0.39 is 5.41 Å². The van der Waals surface area contributed by atoms with E-state index in [1.807, 2.05) is 0 Å². The van der Waals surface area contributed by atoms with E-state index in [1.54, 1.807) is 27.9 Å². The molecule has 0 aliphatic heterocycles. The predicted molar refractivity (Wildman–Crippen MR) is 49.2 cm³/mol. The number of carbonyl (C=O) groups excluding carboxylic acids is 2. The molecule has 0 aliphatic rings. The molecule has 0 radical (unpaired) electrons. The van der Waals surface area contributed by atoms with E-state index in [0.717, 1.165) is 0 Å². The summed E-state index contributed by atoms with van der Waals surface area (Å²) in [4.78, 5) is 24.3. The molecule has 0 aliphatic carbocycles. The van der Waals surface area contributed by atoms with Crippen LogP contribution in [-0.2, 0) is 9.59 Å². The number of Topliss-reactive ketones (excluding diaryl/α,β-unsaturated/α-hetero) is 1. The fourth-order valence-electron chi connectivity index (χ4n) is 1.09. The van der Waals surface area contributed by atoms with Gasteiger partial charge in [0.15, 0.2) is 0 Å². The smallest absolute Gasteiger partial charge is 0.235 e. The fourth-order valence-corrected chi connectivity index (χ4v) is 1.09. The number of amides is 1. The van der Waals surface area contributed by atoms with Crippen LogP contribution < -0.4 is 0 Å². The van der Waals surface area contributed by atoms with Gasteiger partial charge in [-0.15, -0.1) is 0 Å². The molecule has 1 N–H and O–H groups in total. The van der Waals surface area contributed by atoms with E-state index in [0.29, 0.717) is 0 Å². The first kappa shape index (κ1) is 12.1. The van der Waals surface area contributed by atoms with Crippen molar-refractivity contribution in [1.29, 1.82) is 0 Å². The van der Waals surface area contributed by atoms with Gasteiger partial charge in [-0.2, -0.15) is 0 Å². The number of ketones is 1. The van der Waals surface area contributed by atoms with Gasteiger partial charge in [-0.05, 0) is 13.8 Å². The molecule has 0 atom stereocenters. The molecule has 0 unspecified atom stereocenters. The quantitative estimate of drug-likeness (QED) is 0.633. The Labute approximate surface area is 78.5 Å². The molecule has 0 spiro atoms. The minimum Gasteiger partial charge on any atom is -0.396 e. The number of nitrogens with zero attached hydrogens (tertiary/aromatic N) is 1. The Morgan fingerprint density at radius 2 is 1.77 bits per heavy atom. The van der Waals surface area contributed by atoms with Crippen LogP contribution in [-0.4, -0.2) is 42.4 Å². The topological polar surface area (TPSA) is 57.6 Å². The van der Waals surface area contributed by atoms with Crippen LogP contribution in [0.3, 0.4) is 0 Å². The van der Waals surface area contributed by atoms with Gasteiger partial charge in [-0.3, -0.25) is 9.59 Å². The zero-order valence-electron chi connectivity index (χ0n) is 8.63. The van der Waals surface area contributed by atoms with Crippen LogP contribution in [0.5, 0.6) is 0 Å². The molecule has 0 aromatic carbocycles. The van der Waals surface area contributed by atoms with Crippen molar-refractivity contribution in [3.8, 4) is 0 Å². The summed E-state index contributed by atoms with van der Waals surface area (Å²) in [7, 11) is 3.21. The van der Waals surface area contributed by atoms with Gasteiger partial charge in [-0.25, -0.2) is 0 Å². The summed E-state index contributed by atoms with van der Waals surface area (Å²) in [5.41, 5.74) is -1.02. The molecule has 0 heterocycles. The summed E-state index contributed by atoms with van der Waals surface area (Å²) in [5.74, 6) is -0.459. The number of carbonyl (C=O) groups is 2. The highest BCUT2D eigenvalue weighted by molar-refractivity contribution is 6.05.